The van der Waals surface area contributed by atoms with Crippen LogP contribution >= 0.6 is 0 Å². The Bertz CT molecular complexity index is 1980. The fraction of sp³-hybridized carbons (Fsp3) is 0.615. The van der Waals surface area contributed by atoms with Crippen molar-refractivity contribution in [1.29, 1.82) is 0 Å². The molecule has 5 aliphatic rings. The number of quaternary nitrogens is 1. The van der Waals surface area contributed by atoms with Gasteiger partial charge in [0, 0.05) is 44.4 Å². The zero-order valence-electron chi connectivity index (χ0n) is 32.8. The number of ketones is 2. The van der Waals surface area contributed by atoms with Crippen LogP contribution in [0.5, 0.6) is 11.5 Å². The molecule has 13 atom stereocenters. The van der Waals surface area contributed by atoms with Crippen molar-refractivity contribution >= 4 is 17.5 Å². The highest BCUT2D eigenvalue weighted by Crippen LogP contribution is 2.55. The van der Waals surface area contributed by atoms with Crippen LogP contribution in [0.15, 0.2) is 18.2 Å². The van der Waals surface area contributed by atoms with E-state index in [2.05, 4.69) is 0 Å². The third-order valence-electron chi connectivity index (χ3n) is 12.5. The Labute approximate surface area is 323 Å². The number of phenolic OH excluding ortho intramolecular Hbond substituents is 1. The molecule has 3 aliphatic heterocycles. The molecular formula is C39H49NO16. The Morgan fingerprint density at radius 2 is 1.55 bits per heavy atom. The number of rotatable bonds is 7. The lowest BCUT2D eigenvalue weighted by Gasteiger charge is -2.57. The van der Waals surface area contributed by atoms with E-state index >= 15 is 0 Å². The van der Waals surface area contributed by atoms with Gasteiger partial charge in [0.05, 0.1) is 50.1 Å². The Morgan fingerprint density at radius 1 is 0.946 bits per heavy atom. The minimum Gasteiger partial charge on any atom is -0.633 e. The second-order valence-electron chi connectivity index (χ2n) is 16.3. The number of nitrogens with zero attached hydrogens (tertiary/aromatic N) is 1. The van der Waals surface area contributed by atoms with Gasteiger partial charge in [0.1, 0.15) is 46.9 Å². The third kappa shape index (κ3) is 5.66. The van der Waals surface area contributed by atoms with Gasteiger partial charge in [0.2, 0.25) is 6.29 Å². The number of carbonyl (C=O) groups is 3. The molecular weight excluding hydrogens is 738 g/mol. The number of hydrogen-bond acceptors (Lipinski definition) is 16. The molecule has 2 bridgehead atoms. The van der Waals surface area contributed by atoms with Crippen LogP contribution < -0.4 is 4.74 Å². The average molecular weight is 788 g/mol. The van der Waals surface area contributed by atoms with Crippen molar-refractivity contribution in [2.45, 2.75) is 112 Å². The maximum absolute atomic E-state index is 14.7. The number of carbonyl (C=O) groups excluding carboxylic acids is 3. The van der Waals surface area contributed by atoms with Gasteiger partial charge in [0.25, 0.3) is 0 Å². The standard InChI is InChI=1S/C39H49NO16/c1-15-32(49-7)39(4,52-10)33(50-8)36(53-15)54-22-14-37(2,47)25(34(46)51-9)17-12-19-18(11-16(17)22)27(42)23-21(41)13-20-30(24(23)28(19)43)55-35-29(44)26(40(5,6)48)31(45)38(20,3)56-35/h11-13,15,22,25-26,29,31-33,35-36,41,44-45,47H,14H2,1-10H3/t15-,22-,25+,26+,29-,31-,32+,33-,35+,36+,37+,38-,39+/m1/s1. The second-order valence-corrected chi connectivity index (χ2v) is 16.3. The number of likely N-dealkylation sites (N-methyl/N-ethyl adjacent to an activating group) is 1. The Morgan fingerprint density at radius 3 is 2.12 bits per heavy atom. The highest BCUT2D eigenvalue weighted by molar-refractivity contribution is 6.30. The van der Waals surface area contributed by atoms with Crippen LogP contribution in [-0.4, -0.2) is 145 Å². The summed E-state index contributed by atoms with van der Waals surface area (Å²) in [5.74, 6) is -4.60. The quantitative estimate of drug-likeness (QED) is 0.151. The normalized spacial score (nSPS) is 38.8. The largest absolute Gasteiger partial charge is 0.633 e. The van der Waals surface area contributed by atoms with Gasteiger partial charge in [-0.15, -0.1) is 0 Å². The van der Waals surface area contributed by atoms with Crippen LogP contribution in [0.1, 0.15) is 94.7 Å². The van der Waals surface area contributed by atoms with E-state index in [1.165, 1.54) is 61.4 Å². The number of esters is 1. The topological polar surface area (TPSA) is 229 Å². The summed E-state index contributed by atoms with van der Waals surface area (Å²) in [4.78, 5) is 42.7. The van der Waals surface area contributed by atoms with Crippen molar-refractivity contribution in [3.05, 3.63) is 62.4 Å². The Kier molecular flexibility index (Phi) is 9.78. The summed E-state index contributed by atoms with van der Waals surface area (Å²) in [5, 5.41) is 59.1. The zero-order chi connectivity index (χ0) is 41.2. The molecule has 0 spiro atoms. The number of phenols is 1. The molecule has 17 heteroatoms. The van der Waals surface area contributed by atoms with E-state index in [-0.39, 0.29) is 45.6 Å². The number of hydroxylamine groups is 3. The van der Waals surface area contributed by atoms with Gasteiger partial charge < -0.3 is 68.2 Å². The van der Waals surface area contributed by atoms with Gasteiger partial charge in [-0.2, -0.15) is 0 Å². The van der Waals surface area contributed by atoms with Crippen molar-refractivity contribution in [3.8, 4) is 11.5 Å². The van der Waals surface area contributed by atoms with Crippen molar-refractivity contribution < 1.29 is 77.4 Å². The highest BCUT2D eigenvalue weighted by Gasteiger charge is 2.62. The van der Waals surface area contributed by atoms with Gasteiger partial charge in [-0.3, -0.25) is 14.4 Å². The fourth-order valence-corrected chi connectivity index (χ4v) is 9.67. The number of ether oxygens (including phenoxy) is 8. The summed E-state index contributed by atoms with van der Waals surface area (Å²) in [6, 6.07) is 2.52. The van der Waals surface area contributed by atoms with Crippen molar-refractivity contribution in [1.82, 2.24) is 0 Å². The van der Waals surface area contributed by atoms with E-state index in [0.29, 0.717) is 0 Å². The second kappa shape index (κ2) is 13.5. The van der Waals surface area contributed by atoms with Crippen LogP contribution in [0.25, 0.3) is 0 Å². The molecule has 306 valence electrons. The molecule has 3 heterocycles. The molecule has 56 heavy (non-hydrogen) atoms. The number of aliphatic hydroxyl groups is 3. The number of methoxy groups -OCH3 is 4. The van der Waals surface area contributed by atoms with Gasteiger partial charge in [-0.1, -0.05) is 0 Å². The maximum Gasteiger partial charge on any atom is 0.316 e. The molecule has 0 saturated carbocycles. The lowest BCUT2D eigenvalue weighted by molar-refractivity contribution is -0.880. The molecule has 0 radical (unpaired) electrons. The number of hydrogen-bond donors (Lipinski definition) is 4. The summed E-state index contributed by atoms with van der Waals surface area (Å²) < 4.78 is 46.3. The van der Waals surface area contributed by atoms with Crippen molar-refractivity contribution in [2.75, 3.05) is 42.5 Å². The summed E-state index contributed by atoms with van der Waals surface area (Å²) in [7, 11) is 8.13. The van der Waals surface area contributed by atoms with Crippen LogP contribution in [0.2, 0.25) is 0 Å². The van der Waals surface area contributed by atoms with Crippen LogP contribution in [0.4, 0.5) is 0 Å². The van der Waals surface area contributed by atoms with E-state index in [0.717, 1.165) is 13.2 Å². The minimum atomic E-state index is -1.82. The molecule has 2 fully saturated rings. The molecule has 17 nitrogen and oxygen atoms in total. The van der Waals surface area contributed by atoms with Crippen molar-refractivity contribution in [3.63, 3.8) is 0 Å². The Balaban J connectivity index is 1.37. The van der Waals surface area contributed by atoms with E-state index in [1.54, 1.807) is 13.8 Å². The third-order valence-corrected chi connectivity index (χ3v) is 12.5. The number of benzene rings is 2. The molecule has 7 rings (SSSR count). The Hall–Kier alpha value is -3.59. The first-order valence-electron chi connectivity index (χ1n) is 18.3. The van der Waals surface area contributed by atoms with E-state index in [4.69, 9.17) is 37.9 Å². The SMILES string of the molecule is COC(=O)[C@@H]1c2cc3c(cc2[C@H](O[C@@H]2O[C@H](C)[C@H](OC)[C@](C)(OC)[C@@H]2OC)C[C@]1(C)O)C(=O)c1c(O)cc2c(c1C3=O)O[C@H]1O[C@@]2(C)[C@H](O)[C@@H]([N+](C)(C)[O-])[C@H]1O. The van der Waals surface area contributed by atoms with Crippen LogP contribution in [0, 0.1) is 5.21 Å². The molecule has 0 aromatic heterocycles. The number of aromatic hydroxyl groups is 1. The van der Waals surface area contributed by atoms with E-state index in [1.807, 2.05) is 0 Å². The fourth-order valence-electron chi connectivity index (χ4n) is 9.67. The summed E-state index contributed by atoms with van der Waals surface area (Å²) >= 11 is 0. The predicted octanol–water partition coefficient (Wildman–Crippen LogP) is 1.45. The average Bonchev–Trinajstić information content (AvgIpc) is 3.11. The first kappa shape index (κ1) is 40.6. The van der Waals surface area contributed by atoms with Gasteiger partial charge in [-0.25, -0.2) is 0 Å². The maximum atomic E-state index is 14.7. The first-order chi connectivity index (χ1) is 26.1. The number of fused-ring (bicyclic) bond motifs is 8. The molecule has 2 aliphatic carbocycles. The minimum absolute atomic E-state index is 0.0255. The highest BCUT2D eigenvalue weighted by atomic mass is 16.7. The molecule has 4 N–H and O–H groups in total. The summed E-state index contributed by atoms with van der Waals surface area (Å²) in [6.45, 7) is 6.44. The van der Waals surface area contributed by atoms with E-state index < -0.39 is 111 Å². The van der Waals surface area contributed by atoms with Gasteiger partial charge in [-0.05, 0) is 57.0 Å². The smallest absolute Gasteiger partial charge is 0.316 e. The predicted molar refractivity (Wildman–Crippen MR) is 191 cm³/mol. The van der Waals surface area contributed by atoms with E-state index in [9.17, 15) is 40.0 Å². The zero-order valence-corrected chi connectivity index (χ0v) is 32.8. The van der Waals surface area contributed by atoms with Gasteiger partial charge >= 0.3 is 5.97 Å². The molecule has 2 saturated heterocycles. The van der Waals surface area contributed by atoms with Crippen molar-refractivity contribution in [2.24, 2.45) is 0 Å². The van der Waals surface area contributed by atoms with Gasteiger partial charge in [0.15, 0.2) is 30.0 Å². The molecule has 0 unspecified atom stereocenters. The lowest BCUT2D eigenvalue weighted by atomic mass is 9.68. The molecule has 0 amide bonds. The summed E-state index contributed by atoms with van der Waals surface area (Å²) in [6.07, 6.45) is -9.19. The molecule has 2 aromatic carbocycles. The van der Waals surface area contributed by atoms with Crippen LogP contribution in [0.3, 0.4) is 0 Å². The summed E-state index contributed by atoms with van der Waals surface area (Å²) in [5.41, 5.74) is -5.37. The lowest BCUT2D eigenvalue weighted by Crippen LogP contribution is -2.71. The van der Waals surface area contributed by atoms with Crippen LogP contribution in [-0.2, 0) is 43.6 Å². The monoisotopic (exact) mass is 787 g/mol. The molecule has 2 aromatic rings. The first-order valence-corrected chi connectivity index (χ1v) is 18.3. The number of aliphatic hydroxyl groups excluding tert-OH is 2.